The maximum Gasteiger partial charge on any atom is 0.0477 e. The minimum absolute atomic E-state index is 0.818. The zero-order valence-electron chi connectivity index (χ0n) is 8.83. The Labute approximate surface area is 86.3 Å². The van der Waals surface area contributed by atoms with Gasteiger partial charge < -0.3 is 10.1 Å². The highest BCUT2D eigenvalue weighted by molar-refractivity contribution is 5.14. The molecule has 14 heavy (non-hydrogen) atoms. The van der Waals surface area contributed by atoms with Gasteiger partial charge in [0.25, 0.3) is 0 Å². The number of hydrogen-bond donors (Lipinski definition) is 1. The summed E-state index contributed by atoms with van der Waals surface area (Å²) >= 11 is 0. The van der Waals surface area contributed by atoms with Crippen LogP contribution in [0.15, 0.2) is 30.3 Å². The summed E-state index contributed by atoms with van der Waals surface area (Å²) in [6.45, 7) is 5.68. The van der Waals surface area contributed by atoms with Crippen LogP contribution in [0.2, 0.25) is 0 Å². The van der Waals surface area contributed by atoms with Gasteiger partial charge in [-0.25, -0.2) is 0 Å². The van der Waals surface area contributed by atoms with E-state index in [-0.39, 0.29) is 0 Å². The number of benzene rings is 1. The first kappa shape index (κ1) is 11.2. The van der Waals surface area contributed by atoms with Gasteiger partial charge in [0, 0.05) is 19.8 Å². The van der Waals surface area contributed by atoms with Crippen molar-refractivity contribution in [2.45, 2.75) is 19.9 Å². The van der Waals surface area contributed by atoms with Crippen LogP contribution in [0.5, 0.6) is 0 Å². The minimum atomic E-state index is 0.818. The average molecular weight is 193 g/mol. The van der Waals surface area contributed by atoms with Crippen LogP contribution in [0.25, 0.3) is 0 Å². The topological polar surface area (TPSA) is 21.3 Å². The maximum atomic E-state index is 5.25. The summed E-state index contributed by atoms with van der Waals surface area (Å²) in [7, 11) is 0. The number of hydrogen-bond acceptors (Lipinski definition) is 2. The van der Waals surface area contributed by atoms with Crippen molar-refractivity contribution < 1.29 is 4.74 Å². The molecule has 0 aliphatic heterocycles. The van der Waals surface area contributed by atoms with Gasteiger partial charge in [0.1, 0.15) is 0 Å². The molecule has 0 bridgehead atoms. The second kappa shape index (κ2) is 7.54. The van der Waals surface area contributed by atoms with Crippen LogP contribution < -0.4 is 5.32 Å². The Kier molecular flexibility index (Phi) is 6.04. The Bertz CT molecular complexity index is 223. The van der Waals surface area contributed by atoms with Crippen molar-refractivity contribution in [3.8, 4) is 0 Å². The summed E-state index contributed by atoms with van der Waals surface area (Å²) in [6.07, 6.45) is 1.08. The largest absolute Gasteiger partial charge is 0.382 e. The van der Waals surface area contributed by atoms with Crippen LogP contribution in [0.4, 0.5) is 0 Å². The molecule has 0 spiro atoms. The quantitative estimate of drug-likeness (QED) is 0.670. The zero-order valence-corrected chi connectivity index (χ0v) is 8.83. The third-order valence-corrected chi connectivity index (χ3v) is 2.02. The highest BCUT2D eigenvalue weighted by atomic mass is 16.5. The van der Waals surface area contributed by atoms with Crippen LogP contribution in [0, 0.1) is 0 Å². The third kappa shape index (κ3) is 5.00. The van der Waals surface area contributed by atoms with Crippen molar-refractivity contribution in [2.75, 3.05) is 19.8 Å². The van der Waals surface area contributed by atoms with E-state index >= 15 is 0 Å². The lowest BCUT2D eigenvalue weighted by Gasteiger charge is -2.04. The molecule has 2 heteroatoms. The number of nitrogens with one attached hydrogen (secondary N) is 1. The molecule has 0 amide bonds. The van der Waals surface area contributed by atoms with E-state index in [1.54, 1.807) is 0 Å². The van der Waals surface area contributed by atoms with Crippen molar-refractivity contribution in [1.29, 1.82) is 0 Å². The molecule has 0 atom stereocenters. The molecule has 2 nitrogen and oxygen atoms in total. The Morgan fingerprint density at radius 2 is 2.00 bits per heavy atom. The van der Waals surface area contributed by atoms with Gasteiger partial charge in [0.05, 0.1) is 0 Å². The molecule has 1 aromatic carbocycles. The van der Waals surface area contributed by atoms with Crippen molar-refractivity contribution >= 4 is 0 Å². The first-order valence-corrected chi connectivity index (χ1v) is 5.26. The van der Waals surface area contributed by atoms with Gasteiger partial charge in [0.15, 0.2) is 0 Å². The van der Waals surface area contributed by atoms with Crippen molar-refractivity contribution in [1.82, 2.24) is 5.32 Å². The van der Waals surface area contributed by atoms with Gasteiger partial charge in [-0.3, -0.25) is 0 Å². The first-order valence-electron chi connectivity index (χ1n) is 5.26. The molecule has 1 N–H and O–H groups in total. The maximum absolute atomic E-state index is 5.25. The number of ether oxygens (including phenoxy) is 1. The van der Waals surface area contributed by atoms with E-state index < -0.39 is 0 Å². The Hall–Kier alpha value is -0.860. The second-order valence-electron chi connectivity index (χ2n) is 3.21. The molecule has 0 radical (unpaired) electrons. The fourth-order valence-electron chi connectivity index (χ4n) is 1.27. The Balaban J connectivity index is 1.99. The van der Waals surface area contributed by atoms with E-state index in [0.717, 1.165) is 32.7 Å². The highest BCUT2D eigenvalue weighted by Gasteiger charge is 1.90. The fraction of sp³-hybridized carbons (Fsp3) is 0.500. The predicted molar refractivity (Wildman–Crippen MR) is 59.3 cm³/mol. The second-order valence-corrected chi connectivity index (χ2v) is 3.21. The Morgan fingerprint density at radius 1 is 1.21 bits per heavy atom. The van der Waals surface area contributed by atoms with Crippen LogP contribution in [-0.4, -0.2) is 19.8 Å². The van der Waals surface area contributed by atoms with E-state index in [9.17, 15) is 0 Å². The molecule has 78 valence electrons. The van der Waals surface area contributed by atoms with Crippen LogP contribution in [0.3, 0.4) is 0 Å². The van der Waals surface area contributed by atoms with E-state index in [1.807, 2.05) is 13.0 Å². The summed E-state index contributed by atoms with van der Waals surface area (Å²) in [5, 5.41) is 3.38. The van der Waals surface area contributed by atoms with Crippen LogP contribution >= 0.6 is 0 Å². The summed E-state index contributed by atoms with van der Waals surface area (Å²) in [6, 6.07) is 10.4. The first-order chi connectivity index (χ1) is 6.93. The molecule has 1 rings (SSSR count). The van der Waals surface area contributed by atoms with Gasteiger partial charge in [-0.05, 0) is 25.5 Å². The lowest BCUT2D eigenvalue weighted by Crippen LogP contribution is -2.16. The van der Waals surface area contributed by atoms with Gasteiger partial charge in [-0.15, -0.1) is 0 Å². The van der Waals surface area contributed by atoms with E-state index in [2.05, 4.69) is 29.6 Å². The molecule has 0 heterocycles. The number of rotatable bonds is 7. The van der Waals surface area contributed by atoms with Gasteiger partial charge >= 0.3 is 0 Å². The van der Waals surface area contributed by atoms with E-state index in [0.29, 0.717) is 0 Å². The van der Waals surface area contributed by atoms with Crippen LogP contribution in [0.1, 0.15) is 18.9 Å². The zero-order chi connectivity index (χ0) is 10.1. The molecular weight excluding hydrogens is 174 g/mol. The lowest BCUT2D eigenvalue weighted by atomic mass is 10.2. The van der Waals surface area contributed by atoms with E-state index in [1.165, 1.54) is 5.56 Å². The Morgan fingerprint density at radius 3 is 2.71 bits per heavy atom. The molecule has 0 aliphatic carbocycles. The van der Waals surface area contributed by atoms with Crippen LogP contribution in [-0.2, 0) is 11.3 Å². The third-order valence-electron chi connectivity index (χ3n) is 2.02. The monoisotopic (exact) mass is 193 g/mol. The molecule has 0 aliphatic rings. The van der Waals surface area contributed by atoms with E-state index in [4.69, 9.17) is 4.74 Å². The summed E-state index contributed by atoms with van der Waals surface area (Å²) in [4.78, 5) is 0. The normalized spacial score (nSPS) is 10.4. The smallest absolute Gasteiger partial charge is 0.0477 e. The van der Waals surface area contributed by atoms with Crippen molar-refractivity contribution in [3.63, 3.8) is 0 Å². The predicted octanol–water partition coefficient (Wildman–Crippen LogP) is 2.20. The molecular formula is C12H19NO. The lowest BCUT2D eigenvalue weighted by molar-refractivity contribution is 0.144. The minimum Gasteiger partial charge on any atom is -0.382 e. The fourth-order valence-corrected chi connectivity index (χ4v) is 1.27. The average Bonchev–Trinajstić information content (AvgIpc) is 2.25. The standard InChI is InChI=1S/C12H19NO/c1-2-14-10-6-9-13-11-12-7-4-3-5-8-12/h3-5,7-8,13H,2,6,9-11H2,1H3. The molecule has 0 unspecified atom stereocenters. The highest BCUT2D eigenvalue weighted by Crippen LogP contribution is 1.96. The van der Waals surface area contributed by atoms with Gasteiger partial charge in [-0.1, -0.05) is 30.3 Å². The molecule has 0 saturated carbocycles. The van der Waals surface area contributed by atoms with Crippen molar-refractivity contribution in [3.05, 3.63) is 35.9 Å². The molecule has 1 aromatic rings. The van der Waals surface area contributed by atoms with Gasteiger partial charge in [-0.2, -0.15) is 0 Å². The summed E-state index contributed by atoms with van der Waals surface area (Å²) < 4.78 is 5.25. The van der Waals surface area contributed by atoms with Crippen molar-refractivity contribution in [2.24, 2.45) is 0 Å². The molecule has 0 fully saturated rings. The summed E-state index contributed by atoms with van der Waals surface area (Å²) in [5.74, 6) is 0. The molecule has 0 saturated heterocycles. The SMILES string of the molecule is CCOCCCNCc1ccccc1. The summed E-state index contributed by atoms with van der Waals surface area (Å²) in [5.41, 5.74) is 1.34. The molecule has 0 aromatic heterocycles. The van der Waals surface area contributed by atoms with Gasteiger partial charge in [0.2, 0.25) is 0 Å².